The smallest absolute Gasteiger partial charge is 0.132 e. The van der Waals surface area contributed by atoms with Gasteiger partial charge in [-0.15, -0.1) is 0 Å². The lowest BCUT2D eigenvalue weighted by atomic mass is 9.81. The largest absolute Gasteiger partial charge is 0.457 e. The van der Waals surface area contributed by atoms with Crippen molar-refractivity contribution in [1.29, 1.82) is 0 Å². The molecule has 2 aromatic rings. The highest BCUT2D eigenvalue weighted by Crippen LogP contribution is 2.41. The van der Waals surface area contributed by atoms with E-state index in [0.29, 0.717) is 0 Å². The number of allylic oxidation sites excluding steroid dienone is 1. The maximum Gasteiger partial charge on any atom is 0.132 e. The second kappa shape index (κ2) is 4.88. The van der Waals surface area contributed by atoms with Gasteiger partial charge >= 0.3 is 0 Å². The molecule has 0 aliphatic carbocycles. The molecule has 0 saturated heterocycles. The predicted molar refractivity (Wildman–Crippen MR) is 87.2 cm³/mol. The van der Waals surface area contributed by atoms with E-state index in [4.69, 9.17) is 4.74 Å². The van der Waals surface area contributed by atoms with E-state index >= 15 is 0 Å². The van der Waals surface area contributed by atoms with Crippen molar-refractivity contribution in [3.05, 3.63) is 69.1 Å². The Morgan fingerprint density at radius 2 is 1.75 bits per heavy atom. The number of fused-ring (bicyclic) bond motifs is 1. The van der Waals surface area contributed by atoms with E-state index in [2.05, 4.69) is 54.6 Å². The molecule has 0 spiro atoms. The predicted octanol–water partition coefficient (Wildman–Crippen LogP) is 5.14. The van der Waals surface area contributed by atoms with E-state index in [0.717, 1.165) is 20.6 Å². The van der Waals surface area contributed by atoms with Gasteiger partial charge in [-0.1, -0.05) is 19.9 Å². The summed E-state index contributed by atoms with van der Waals surface area (Å²) in [4.78, 5) is 0. The minimum atomic E-state index is -0.237. The van der Waals surface area contributed by atoms with Gasteiger partial charge in [-0.2, -0.15) is 0 Å². The van der Waals surface area contributed by atoms with Gasteiger partial charge in [-0.3, -0.25) is 0 Å². The van der Waals surface area contributed by atoms with Crippen LogP contribution in [0.1, 0.15) is 25.0 Å². The van der Waals surface area contributed by atoms with Gasteiger partial charge < -0.3 is 4.74 Å². The molecule has 0 unspecified atom stereocenters. The van der Waals surface area contributed by atoms with Crippen LogP contribution in [0.3, 0.4) is 0 Å². The molecule has 1 aliphatic rings. The summed E-state index contributed by atoms with van der Waals surface area (Å²) in [6.45, 7) is 4.31. The fourth-order valence-corrected chi connectivity index (χ4v) is 2.89. The molecule has 0 aromatic heterocycles. The first-order valence-corrected chi connectivity index (χ1v) is 7.50. The first kappa shape index (κ1) is 13.6. The molecule has 0 bridgehead atoms. The molecule has 20 heavy (non-hydrogen) atoms. The van der Waals surface area contributed by atoms with Gasteiger partial charge in [0.1, 0.15) is 17.3 Å². The molecule has 0 N–H and O–H groups in total. The average molecular weight is 380 g/mol. The number of hydrogen-bond acceptors (Lipinski definition) is 1. The maximum atomic E-state index is 13.0. The van der Waals surface area contributed by atoms with E-state index in [9.17, 15) is 4.39 Å². The molecule has 3 rings (SSSR count). The monoisotopic (exact) mass is 380 g/mol. The lowest BCUT2D eigenvalue weighted by molar-refractivity contribution is 0.460. The molecular formula is C17H14FIO. The molecular weight excluding hydrogens is 366 g/mol. The third-order valence-electron chi connectivity index (χ3n) is 3.48. The fraction of sp³-hybridized carbons (Fsp3) is 0.176. The van der Waals surface area contributed by atoms with Crippen LogP contribution in [0.2, 0.25) is 0 Å². The van der Waals surface area contributed by atoms with Gasteiger partial charge in [0.05, 0.1) is 0 Å². The molecule has 2 aromatic carbocycles. The van der Waals surface area contributed by atoms with Gasteiger partial charge in [0.2, 0.25) is 0 Å². The van der Waals surface area contributed by atoms with E-state index < -0.39 is 0 Å². The number of rotatable bonds is 1. The molecule has 0 radical (unpaired) electrons. The summed E-state index contributed by atoms with van der Waals surface area (Å²) < 4.78 is 20.2. The fourth-order valence-electron chi connectivity index (χ4n) is 2.42. The quantitative estimate of drug-likeness (QED) is 0.623. The molecule has 3 heteroatoms. The number of ether oxygens (including phenoxy) is 1. The summed E-state index contributed by atoms with van der Waals surface area (Å²) in [6.07, 6.45) is 2.09. The Balaban J connectivity index is 2.08. The van der Waals surface area contributed by atoms with Crippen molar-refractivity contribution in [2.24, 2.45) is 0 Å². The summed E-state index contributed by atoms with van der Waals surface area (Å²) in [5.74, 6) is 1.42. The van der Waals surface area contributed by atoms with Gasteiger partial charge in [0.25, 0.3) is 0 Å². The van der Waals surface area contributed by atoms with Crippen molar-refractivity contribution in [3.8, 4) is 5.75 Å². The highest BCUT2D eigenvalue weighted by Gasteiger charge is 2.29. The zero-order valence-electron chi connectivity index (χ0n) is 11.3. The van der Waals surface area contributed by atoms with Crippen molar-refractivity contribution >= 4 is 28.4 Å². The minimum absolute atomic E-state index is 0.109. The Morgan fingerprint density at radius 1 is 1.05 bits per heavy atom. The highest BCUT2D eigenvalue weighted by atomic mass is 127. The van der Waals surface area contributed by atoms with Crippen LogP contribution in [-0.4, -0.2) is 0 Å². The summed E-state index contributed by atoms with van der Waals surface area (Å²) in [7, 11) is 0. The molecule has 102 valence electrons. The zero-order valence-corrected chi connectivity index (χ0v) is 13.4. The van der Waals surface area contributed by atoms with Gasteiger partial charge in [-0.05, 0) is 65.1 Å². The molecule has 0 saturated carbocycles. The van der Waals surface area contributed by atoms with Crippen molar-refractivity contribution in [1.82, 2.24) is 0 Å². The number of halogens is 2. The first-order chi connectivity index (χ1) is 9.45. The second-order valence-electron chi connectivity index (χ2n) is 5.48. The van der Waals surface area contributed by atoms with Crippen molar-refractivity contribution < 1.29 is 9.13 Å². The first-order valence-electron chi connectivity index (χ1n) is 6.42. The molecule has 1 aliphatic heterocycles. The normalized spacial score (nSPS) is 16.1. The molecule has 0 fully saturated rings. The van der Waals surface area contributed by atoms with Crippen LogP contribution >= 0.6 is 22.6 Å². The van der Waals surface area contributed by atoms with Crippen LogP contribution in [0.5, 0.6) is 5.75 Å². The Kier molecular flexibility index (Phi) is 3.32. The van der Waals surface area contributed by atoms with Crippen LogP contribution in [-0.2, 0) is 5.41 Å². The second-order valence-corrected chi connectivity index (χ2v) is 6.73. The summed E-state index contributed by atoms with van der Waals surface area (Å²) in [5, 5.41) is 0. The number of benzene rings is 2. The lowest BCUT2D eigenvalue weighted by Crippen LogP contribution is -2.21. The third kappa shape index (κ3) is 2.46. The van der Waals surface area contributed by atoms with Gasteiger partial charge in [-0.25, -0.2) is 4.39 Å². The standard InChI is InChI=1S/C17H14FIO/c1-17(2)10-16(11-3-5-12(18)6-4-11)20-15-9-13(19)7-8-14(15)17/h3-10H,1-2H3. The SMILES string of the molecule is CC1(C)C=C(c2ccc(F)cc2)Oc2cc(I)ccc21. The molecule has 1 nitrogen and oxygen atoms in total. The Bertz CT molecular complexity index is 687. The van der Waals surface area contributed by atoms with Gasteiger partial charge in [0.15, 0.2) is 0 Å². The topological polar surface area (TPSA) is 9.23 Å². The van der Waals surface area contributed by atoms with E-state index in [-0.39, 0.29) is 11.2 Å². The van der Waals surface area contributed by atoms with Crippen molar-refractivity contribution in [3.63, 3.8) is 0 Å². The summed E-state index contributed by atoms with van der Waals surface area (Å²) >= 11 is 2.27. The molecule has 0 amide bonds. The van der Waals surface area contributed by atoms with E-state index in [1.165, 1.54) is 17.7 Å². The van der Waals surface area contributed by atoms with Crippen LogP contribution in [0.4, 0.5) is 4.39 Å². The Hall–Kier alpha value is -1.36. The lowest BCUT2D eigenvalue weighted by Gasteiger charge is -2.30. The van der Waals surface area contributed by atoms with Crippen LogP contribution in [0, 0.1) is 9.39 Å². The maximum absolute atomic E-state index is 13.0. The third-order valence-corrected chi connectivity index (χ3v) is 4.15. The Labute approximate surface area is 131 Å². The van der Waals surface area contributed by atoms with Crippen LogP contribution < -0.4 is 4.74 Å². The minimum Gasteiger partial charge on any atom is -0.457 e. The van der Waals surface area contributed by atoms with Crippen LogP contribution in [0.15, 0.2) is 48.5 Å². The summed E-state index contributed by atoms with van der Waals surface area (Å²) in [5.41, 5.74) is 1.95. The summed E-state index contributed by atoms with van der Waals surface area (Å²) in [6, 6.07) is 12.6. The van der Waals surface area contributed by atoms with Crippen LogP contribution in [0.25, 0.3) is 5.76 Å². The van der Waals surface area contributed by atoms with Crippen molar-refractivity contribution in [2.75, 3.05) is 0 Å². The van der Waals surface area contributed by atoms with Gasteiger partial charge in [0, 0.05) is 20.1 Å². The van der Waals surface area contributed by atoms with E-state index in [1.807, 2.05) is 6.07 Å². The highest BCUT2D eigenvalue weighted by molar-refractivity contribution is 14.1. The average Bonchev–Trinajstić information content (AvgIpc) is 2.38. The number of hydrogen-bond donors (Lipinski definition) is 0. The zero-order chi connectivity index (χ0) is 14.3. The molecule has 1 heterocycles. The van der Waals surface area contributed by atoms with E-state index in [1.54, 1.807) is 12.1 Å². The molecule has 0 atom stereocenters. The Morgan fingerprint density at radius 3 is 2.45 bits per heavy atom. The van der Waals surface area contributed by atoms with Crippen molar-refractivity contribution in [2.45, 2.75) is 19.3 Å².